The molecule has 0 spiro atoms. The minimum atomic E-state index is 0.301. The SMILES string of the molecule is N#Cc1ccc(CN2CCCC(CCO)C2)cc1. The second kappa shape index (κ2) is 6.53. The van der Waals surface area contributed by atoms with Gasteiger partial charge in [0.15, 0.2) is 0 Å². The van der Waals surface area contributed by atoms with Gasteiger partial charge in [0.2, 0.25) is 0 Å². The van der Waals surface area contributed by atoms with E-state index in [2.05, 4.69) is 11.0 Å². The van der Waals surface area contributed by atoms with Crippen molar-refractivity contribution in [3.8, 4) is 6.07 Å². The normalized spacial score (nSPS) is 20.6. The number of likely N-dealkylation sites (tertiary alicyclic amines) is 1. The highest BCUT2D eigenvalue weighted by Gasteiger charge is 2.19. The zero-order valence-corrected chi connectivity index (χ0v) is 10.7. The lowest BCUT2D eigenvalue weighted by molar-refractivity contribution is 0.142. The van der Waals surface area contributed by atoms with Crippen molar-refractivity contribution in [1.82, 2.24) is 4.90 Å². The van der Waals surface area contributed by atoms with Crippen LogP contribution >= 0.6 is 0 Å². The second-order valence-corrected chi connectivity index (χ2v) is 5.06. The van der Waals surface area contributed by atoms with Crippen molar-refractivity contribution in [2.45, 2.75) is 25.8 Å². The maximum absolute atomic E-state index is 9.00. The van der Waals surface area contributed by atoms with Crippen LogP contribution in [0.5, 0.6) is 0 Å². The lowest BCUT2D eigenvalue weighted by Crippen LogP contribution is -2.35. The molecular weight excluding hydrogens is 224 g/mol. The van der Waals surface area contributed by atoms with Crippen LogP contribution in [0.2, 0.25) is 0 Å². The monoisotopic (exact) mass is 244 g/mol. The quantitative estimate of drug-likeness (QED) is 0.882. The van der Waals surface area contributed by atoms with E-state index in [0.717, 1.165) is 31.6 Å². The zero-order valence-electron chi connectivity index (χ0n) is 10.7. The Kier molecular flexibility index (Phi) is 4.74. The molecule has 0 amide bonds. The molecule has 1 fully saturated rings. The minimum absolute atomic E-state index is 0.301. The molecule has 18 heavy (non-hydrogen) atoms. The Morgan fingerprint density at radius 1 is 1.33 bits per heavy atom. The summed E-state index contributed by atoms with van der Waals surface area (Å²) in [6, 6.07) is 9.97. The first-order valence-electron chi connectivity index (χ1n) is 6.64. The van der Waals surface area contributed by atoms with Crippen molar-refractivity contribution in [2.24, 2.45) is 5.92 Å². The van der Waals surface area contributed by atoms with Gasteiger partial charge in [-0.1, -0.05) is 12.1 Å². The van der Waals surface area contributed by atoms with Gasteiger partial charge in [0.05, 0.1) is 11.6 Å². The van der Waals surface area contributed by atoms with E-state index in [9.17, 15) is 0 Å². The molecule has 1 aromatic carbocycles. The fourth-order valence-electron chi connectivity index (χ4n) is 2.66. The van der Waals surface area contributed by atoms with Gasteiger partial charge < -0.3 is 5.11 Å². The summed E-state index contributed by atoms with van der Waals surface area (Å²) in [6.07, 6.45) is 3.38. The molecule has 96 valence electrons. The van der Waals surface area contributed by atoms with Gasteiger partial charge in [-0.05, 0) is 49.4 Å². The Hall–Kier alpha value is -1.37. The summed E-state index contributed by atoms with van der Waals surface area (Å²) in [7, 11) is 0. The van der Waals surface area contributed by atoms with Crippen molar-refractivity contribution in [1.29, 1.82) is 5.26 Å². The number of piperidine rings is 1. The topological polar surface area (TPSA) is 47.3 Å². The molecule has 1 unspecified atom stereocenters. The van der Waals surface area contributed by atoms with Crippen LogP contribution in [0.15, 0.2) is 24.3 Å². The highest BCUT2D eigenvalue weighted by Crippen LogP contribution is 2.20. The van der Waals surface area contributed by atoms with Gasteiger partial charge in [-0.15, -0.1) is 0 Å². The van der Waals surface area contributed by atoms with Crippen LogP contribution < -0.4 is 0 Å². The van der Waals surface area contributed by atoms with Gasteiger partial charge in [-0.25, -0.2) is 0 Å². The molecule has 2 rings (SSSR count). The number of benzene rings is 1. The second-order valence-electron chi connectivity index (χ2n) is 5.06. The van der Waals surface area contributed by atoms with E-state index in [0.29, 0.717) is 12.5 Å². The van der Waals surface area contributed by atoms with E-state index in [4.69, 9.17) is 10.4 Å². The molecule has 0 aromatic heterocycles. The average molecular weight is 244 g/mol. The van der Waals surface area contributed by atoms with Crippen molar-refractivity contribution in [3.63, 3.8) is 0 Å². The molecule has 0 radical (unpaired) electrons. The van der Waals surface area contributed by atoms with Gasteiger partial charge in [-0.3, -0.25) is 4.90 Å². The molecule has 1 aromatic rings. The van der Waals surface area contributed by atoms with Crippen molar-refractivity contribution in [3.05, 3.63) is 35.4 Å². The highest BCUT2D eigenvalue weighted by atomic mass is 16.3. The number of aliphatic hydroxyl groups excluding tert-OH is 1. The lowest BCUT2D eigenvalue weighted by atomic mass is 9.95. The van der Waals surface area contributed by atoms with E-state index in [1.165, 1.54) is 18.4 Å². The van der Waals surface area contributed by atoms with Gasteiger partial charge in [0.25, 0.3) is 0 Å². The van der Waals surface area contributed by atoms with Crippen LogP contribution in [0.3, 0.4) is 0 Å². The molecule has 1 heterocycles. The molecule has 0 saturated carbocycles. The van der Waals surface area contributed by atoms with E-state index in [1.807, 2.05) is 24.3 Å². The summed E-state index contributed by atoms with van der Waals surface area (Å²) in [4.78, 5) is 2.45. The third-order valence-electron chi connectivity index (χ3n) is 3.63. The molecule has 1 atom stereocenters. The molecule has 0 aliphatic carbocycles. The summed E-state index contributed by atoms with van der Waals surface area (Å²) in [5, 5.41) is 17.8. The first-order chi connectivity index (χ1) is 8.81. The molecular formula is C15H20N2O. The Balaban J connectivity index is 1.90. The molecule has 1 saturated heterocycles. The third kappa shape index (κ3) is 3.56. The maximum Gasteiger partial charge on any atom is 0.0991 e. The van der Waals surface area contributed by atoms with Crippen LogP contribution in [0, 0.1) is 17.2 Å². The Bertz CT molecular complexity index is 405. The summed E-state index contributed by atoms with van der Waals surface area (Å²) in [5.74, 6) is 0.641. The summed E-state index contributed by atoms with van der Waals surface area (Å²) < 4.78 is 0. The van der Waals surface area contributed by atoms with Crippen LogP contribution in [0.4, 0.5) is 0 Å². The van der Waals surface area contributed by atoms with E-state index >= 15 is 0 Å². The van der Waals surface area contributed by atoms with E-state index in [-0.39, 0.29) is 0 Å². The zero-order chi connectivity index (χ0) is 12.8. The predicted molar refractivity (Wildman–Crippen MR) is 70.9 cm³/mol. The van der Waals surface area contributed by atoms with Gasteiger partial charge in [-0.2, -0.15) is 5.26 Å². The molecule has 1 aliphatic heterocycles. The molecule has 0 bridgehead atoms. The molecule has 1 N–H and O–H groups in total. The van der Waals surface area contributed by atoms with E-state index in [1.54, 1.807) is 0 Å². The first-order valence-corrected chi connectivity index (χ1v) is 6.64. The number of hydrogen-bond acceptors (Lipinski definition) is 3. The summed E-state index contributed by atoms with van der Waals surface area (Å²) in [6.45, 7) is 3.48. The van der Waals surface area contributed by atoms with Crippen molar-refractivity contribution >= 4 is 0 Å². The number of rotatable bonds is 4. The number of nitriles is 1. The Morgan fingerprint density at radius 3 is 2.78 bits per heavy atom. The number of aliphatic hydroxyl groups is 1. The fourth-order valence-corrected chi connectivity index (χ4v) is 2.66. The van der Waals surface area contributed by atoms with Crippen LogP contribution in [-0.4, -0.2) is 29.7 Å². The largest absolute Gasteiger partial charge is 0.396 e. The third-order valence-corrected chi connectivity index (χ3v) is 3.63. The minimum Gasteiger partial charge on any atom is -0.396 e. The van der Waals surface area contributed by atoms with Crippen LogP contribution in [0.25, 0.3) is 0 Å². The molecule has 1 aliphatic rings. The summed E-state index contributed by atoms with van der Waals surface area (Å²) >= 11 is 0. The predicted octanol–water partition coefficient (Wildman–Crippen LogP) is 2.15. The van der Waals surface area contributed by atoms with Crippen molar-refractivity contribution in [2.75, 3.05) is 19.7 Å². The maximum atomic E-state index is 9.00. The molecule has 3 nitrogen and oxygen atoms in total. The lowest BCUT2D eigenvalue weighted by Gasteiger charge is -2.32. The van der Waals surface area contributed by atoms with Gasteiger partial charge in [0.1, 0.15) is 0 Å². The number of nitrogens with zero attached hydrogens (tertiary/aromatic N) is 2. The smallest absolute Gasteiger partial charge is 0.0991 e. The summed E-state index contributed by atoms with van der Waals surface area (Å²) in [5.41, 5.74) is 1.98. The standard InChI is InChI=1S/C15H20N2O/c16-10-13-3-5-15(6-4-13)12-17-8-1-2-14(11-17)7-9-18/h3-6,14,18H,1-2,7-9,11-12H2. The van der Waals surface area contributed by atoms with Gasteiger partial charge >= 0.3 is 0 Å². The van der Waals surface area contributed by atoms with E-state index < -0.39 is 0 Å². The average Bonchev–Trinajstić information content (AvgIpc) is 2.40. The van der Waals surface area contributed by atoms with Crippen molar-refractivity contribution < 1.29 is 5.11 Å². The van der Waals surface area contributed by atoms with Crippen LogP contribution in [-0.2, 0) is 6.54 Å². The Morgan fingerprint density at radius 2 is 2.11 bits per heavy atom. The molecule has 3 heteroatoms. The van der Waals surface area contributed by atoms with Gasteiger partial charge in [0, 0.05) is 19.7 Å². The van der Waals surface area contributed by atoms with Crippen LogP contribution in [0.1, 0.15) is 30.4 Å². The fraction of sp³-hybridized carbons (Fsp3) is 0.533. The highest BCUT2D eigenvalue weighted by molar-refractivity contribution is 5.31. The first kappa shape index (κ1) is 13.1. The Labute approximate surface area is 109 Å². The number of hydrogen-bond donors (Lipinski definition) is 1.